The third kappa shape index (κ3) is 3.03. The number of thioether (sulfide) groups is 1. The number of aryl methyl sites for hydroxylation is 1. The zero-order chi connectivity index (χ0) is 14.0. The maximum absolute atomic E-state index is 12.3. The van der Waals surface area contributed by atoms with E-state index in [9.17, 15) is 4.79 Å². The van der Waals surface area contributed by atoms with Crippen molar-refractivity contribution in [2.75, 3.05) is 6.26 Å². The van der Waals surface area contributed by atoms with Crippen LogP contribution in [0.2, 0.25) is 0 Å². The van der Waals surface area contributed by atoms with E-state index in [1.165, 1.54) is 11.8 Å². The van der Waals surface area contributed by atoms with Gasteiger partial charge in [0.1, 0.15) is 10.3 Å². The molecule has 0 spiro atoms. The van der Waals surface area contributed by atoms with E-state index >= 15 is 0 Å². The van der Waals surface area contributed by atoms with Crippen LogP contribution in [0.4, 0.5) is 0 Å². The number of Topliss-reactive ketones (excluding diaryl/α,β-unsaturated/α-hetero) is 1. The highest BCUT2D eigenvalue weighted by Gasteiger charge is 2.19. The molecule has 19 heavy (non-hydrogen) atoms. The number of carbonyl (C=O) groups excluding carboxylic acids is 1. The average molecular weight is 341 g/mol. The second kappa shape index (κ2) is 5.83. The minimum atomic E-state index is -0.0259. The number of halogens is 1. The summed E-state index contributed by atoms with van der Waals surface area (Å²) in [7, 11) is 1.83. The molecule has 0 amide bonds. The minimum Gasteiger partial charge on any atom is -0.319 e. The maximum atomic E-state index is 12.3. The number of ketones is 1. The molecule has 0 bridgehead atoms. The van der Waals surface area contributed by atoms with Crippen molar-refractivity contribution in [2.45, 2.75) is 18.5 Å². The fraction of sp³-hybridized carbons (Fsp3) is 0.333. The van der Waals surface area contributed by atoms with Gasteiger partial charge in [0.25, 0.3) is 0 Å². The standard InChI is InChI=1S/C12H13BrN4OS/c1-7-5-14-6-8(15-7)4-9(18)10-11(13)16-12(19-3)17(10)2/h5-6H,4H2,1-3H3. The molecule has 2 heterocycles. The molecule has 0 aromatic carbocycles. The molecule has 5 nitrogen and oxygen atoms in total. The van der Waals surface area contributed by atoms with Crippen LogP contribution in [-0.4, -0.2) is 31.6 Å². The SMILES string of the molecule is CSc1nc(Br)c(C(=O)Cc2cncc(C)n2)n1C. The predicted octanol–water partition coefficient (Wildman–Crippen LogP) is 2.43. The molecule has 0 saturated heterocycles. The smallest absolute Gasteiger partial charge is 0.188 e. The van der Waals surface area contributed by atoms with Crippen LogP contribution in [0, 0.1) is 6.92 Å². The lowest BCUT2D eigenvalue weighted by Crippen LogP contribution is -2.11. The number of hydrogen-bond donors (Lipinski definition) is 0. The monoisotopic (exact) mass is 340 g/mol. The van der Waals surface area contributed by atoms with E-state index < -0.39 is 0 Å². The first-order valence-electron chi connectivity index (χ1n) is 5.60. The van der Waals surface area contributed by atoms with Gasteiger partial charge in [-0.1, -0.05) is 11.8 Å². The van der Waals surface area contributed by atoms with Crippen LogP contribution < -0.4 is 0 Å². The molecule has 0 fully saturated rings. The van der Waals surface area contributed by atoms with Crippen LogP contribution in [-0.2, 0) is 13.5 Å². The Morgan fingerprint density at radius 3 is 2.74 bits per heavy atom. The van der Waals surface area contributed by atoms with Crippen molar-refractivity contribution in [3.8, 4) is 0 Å². The van der Waals surface area contributed by atoms with E-state index in [1.54, 1.807) is 17.0 Å². The summed E-state index contributed by atoms with van der Waals surface area (Å²) in [6, 6.07) is 0. The molecule has 0 N–H and O–H groups in total. The summed E-state index contributed by atoms with van der Waals surface area (Å²) < 4.78 is 2.37. The number of hydrogen-bond acceptors (Lipinski definition) is 5. The van der Waals surface area contributed by atoms with E-state index in [0.717, 1.165) is 10.9 Å². The first-order valence-corrected chi connectivity index (χ1v) is 7.61. The van der Waals surface area contributed by atoms with Crippen LogP contribution in [0.3, 0.4) is 0 Å². The molecule has 0 aliphatic rings. The van der Waals surface area contributed by atoms with Gasteiger partial charge in [-0.3, -0.25) is 14.8 Å². The minimum absolute atomic E-state index is 0.0259. The van der Waals surface area contributed by atoms with Crippen molar-refractivity contribution >= 4 is 33.5 Å². The van der Waals surface area contributed by atoms with E-state index in [1.807, 2.05) is 20.2 Å². The molecule has 2 rings (SSSR count). The summed E-state index contributed by atoms with van der Waals surface area (Å²) in [5, 5.41) is 0.797. The van der Waals surface area contributed by atoms with Gasteiger partial charge in [-0.05, 0) is 29.1 Å². The van der Waals surface area contributed by atoms with Crippen molar-refractivity contribution in [3.63, 3.8) is 0 Å². The number of aromatic nitrogens is 4. The van der Waals surface area contributed by atoms with Gasteiger partial charge in [0.05, 0.1) is 17.8 Å². The molecular weight excluding hydrogens is 328 g/mol. The Labute approximate surface area is 124 Å². The molecule has 7 heteroatoms. The fourth-order valence-electron chi connectivity index (χ4n) is 1.78. The van der Waals surface area contributed by atoms with Gasteiger partial charge in [-0.15, -0.1) is 0 Å². The summed E-state index contributed by atoms with van der Waals surface area (Å²) in [5.74, 6) is -0.0259. The number of rotatable bonds is 4. The van der Waals surface area contributed by atoms with Crippen molar-refractivity contribution < 1.29 is 4.79 Å². The lowest BCUT2D eigenvalue weighted by Gasteiger charge is -2.04. The van der Waals surface area contributed by atoms with E-state index in [0.29, 0.717) is 16.0 Å². The van der Waals surface area contributed by atoms with Gasteiger partial charge in [0.2, 0.25) is 0 Å². The number of imidazole rings is 1. The van der Waals surface area contributed by atoms with Gasteiger partial charge in [-0.2, -0.15) is 0 Å². The maximum Gasteiger partial charge on any atom is 0.188 e. The lowest BCUT2D eigenvalue weighted by molar-refractivity contribution is 0.0982. The predicted molar refractivity (Wildman–Crippen MR) is 77.5 cm³/mol. The van der Waals surface area contributed by atoms with Gasteiger partial charge >= 0.3 is 0 Å². The summed E-state index contributed by atoms with van der Waals surface area (Å²) in [4.78, 5) is 25.0. The topological polar surface area (TPSA) is 60.7 Å². The Morgan fingerprint density at radius 1 is 1.42 bits per heavy atom. The van der Waals surface area contributed by atoms with Gasteiger partial charge in [0.15, 0.2) is 10.9 Å². The van der Waals surface area contributed by atoms with Crippen molar-refractivity contribution in [1.82, 2.24) is 19.5 Å². The van der Waals surface area contributed by atoms with Gasteiger partial charge in [-0.25, -0.2) is 4.98 Å². The third-order valence-electron chi connectivity index (χ3n) is 2.60. The second-order valence-corrected chi connectivity index (χ2v) is 5.57. The zero-order valence-electron chi connectivity index (χ0n) is 10.8. The highest BCUT2D eigenvalue weighted by Crippen LogP contribution is 2.23. The largest absolute Gasteiger partial charge is 0.319 e. The molecular formula is C12H13BrN4OS. The second-order valence-electron chi connectivity index (χ2n) is 4.05. The Balaban J connectivity index is 2.28. The summed E-state index contributed by atoms with van der Waals surface area (Å²) in [5.41, 5.74) is 2.04. The van der Waals surface area contributed by atoms with E-state index in [-0.39, 0.29) is 12.2 Å². The highest BCUT2D eigenvalue weighted by atomic mass is 79.9. The summed E-state index contributed by atoms with van der Waals surface area (Å²) in [6.45, 7) is 1.85. The molecule has 0 atom stereocenters. The highest BCUT2D eigenvalue weighted by molar-refractivity contribution is 9.10. The number of carbonyl (C=O) groups is 1. The molecule has 0 saturated carbocycles. The van der Waals surface area contributed by atoms with Crippen LogP contribution in [0.1, 0.15) is 21.9 Å². The van der Waals surface area contributed by atoms with Crippen molar-refractivity contribution in [1.29, 1.82) is 0 Å². The molecule has 2 aromatic heterocycles. The first-order chi connectivity index (χ1) is 9.02. The molecule has 100 valence electrons. The summed E-state index contributed by atoms with van der Waals surface area (Å²) >= 11 is 4.83. The molecule has 2 aromatic rings. The van der Waals surface area contributed by atoms with Crippen LogP contribution >= 0.6 is 27.7 Å². The van der Waals surface area contributed by atoms with Crippen LogP contribution in [0.15, 0.2) is 22.2 Å². The Bertz CT molecular complexity index is 626. The fourth-order valence-corrected chi connectivity index (χ4v) is 3.10. The average Bonchev–Trinajstić information content (AvgIpc) is 2.64. The Morgan fingerprint density at radius 2 is 2.16 bits per heavy atom. The van der Waals surface area contributed by atoms with Crippen LogP contribution in [0.5, 0.6) is 0 Å². The quantitative estimate of drug-likeness (QED) is 0.631. The van der Waals surface area contributed by atoms with Crippen molar-refractivity contribution in [3.05, 3.63) is 34.1 Å². The van der Waals surface area contributed by atoms with Gasteiger partial charge in [0, 0.05) is 19.4 Å². The molecule has 0 aliphatic carbocycles. The molecule has 0 radical (unpaired) electrons. The van der Waals surface area contributed by atoms with Gasteiger partial charge < -0.3 is 4.57 Å². The zero-order valence-corrected chi connectivity index (χ0v) is 13.2. The number of nitrogens with zero attached hydrogens (tertiary/aromatic N) is 4. The third-order valence-corrected chi connectivity index (χ3v) is 3.89. The summed E-state index contributed by atoms with van der Waals surface area (Å²) in [6.07, 6.45) is 5.43. The lowest BCUT2D eigenvalue weighted by atomic mass is 10.2. The van der Waals surface area contributed by atoms with Crippen molar-refractivity contribution in [2.24, 2.45) is 7.05 Å². The van der Waals surface area contributed by atoms with E-state index in [4.69, 9.17) is 0 Å². The Hall–Kier alpha value is -1.21. The molecule has 0 aliphatic heterocycles. The normalized spacial score (nSPS) is 10.7. The first kappa shape index (κ1) is 14.2. The van der Waals surface area contributed by atoms with Crippen LogP contribution in [0.25, 0.3) is 0 Å². The van der Waals surface area contributed by atoms with E-state index in [2.05, 4.69) is 30.9 Å². The Kier molecular flexibility index (Phi) is 4.36. The molecule has 0 unspecified atom stereocenters.